The second-order valence-electron chi connectivity index (χ2n) is 5.84. The maximum absolute atomic E-state index is 14.1. The molecule has 1 fully saturated rings. The van der Waals surface area contributed by atoms with Crippen molar-refractivity contribution in [1.29, 1.82) is 0 Å². The minimum absolute atomic E-state index is 0.0582. The van der Waals surface area contributed by atoms with Gasteiger partial charge in [-0.25, -0.2) is 4.39 Å². The van der Waals surface area contributed by atoms with E-state index < -0.39 is 24.0 Å². The van der Waals surface area contributed by atoms with Gasteiger partial charge < -0.3 is 19.7 Å². The Bertz CT molecular complexity index is 848. The second kappa shape index (κ2) is 9.74. The summed E-state index contributed by atoms with van der Waals surface area (Å²) >= 11 is 5.84. The van der Waals surface area contributed by atoms with Crippen molar-refractivity contribution < 1.29 is 28.3 Å². The van der Waals surface area contributed by atoms with Gasteiger partial charge in [-0.3, -0.25) is 19.4 Å². The van der Waals surface area contributed by atoms with Crippen LogP contribution in [0.25, 0.3) is 0 Å². The molecule has 0 aliphatic carbocycles. The Labute approximate surface area is 163 Å². The number of carbonyl (C=O) groups is 3. The Balaban J connectivity index is 0.000000878. The van der Waals surface area contributed by atoms with Gasteiger partial charge in [0.05, 0.1) is 17.1 Å². The fourth-order valence-electron chi connectivity index (χ4n) is 2.65. The number of carbonyl (C=O) groups excluding carboxylic acids is 2. The summed E-state index contributed by atoms with van der Waals surface area (Å²) < 4.78 is 19.1. The summed E-state index contributed by atoms with van der Waals surface area (Å²) in [5.74, 6) is -0.945. The molecule has 28 heavy (non-hydrogen) atoms. The lowest BCUT2D eigenvalue weighted by Gasteiger charge is -2.34. The van der Waals surface area contributed by atoms with Gasteiger partial charge in [0.2, 0.25) is 5.89 Å². The van der Waals surface area contributed by atoms with E-state index in [0.717, 1.165) is 0 Å². The Morgan fingerprint density at radius 3 is 2.71 bits per heavy atom. The first-order valence-electron chi connectivity index (χ1n) is 8.06. The second-order valence-corrected chi connectivity index (χ2v) is 6.27. The number of hydrogen-bond acceptors (Lipinski definition) is 7. The first kappa shape index (κ1) is 21.2. The standard InChI is InChI=1S/C15H15ClFN5O3.CH2O2/c1-8-20-21-14(25-8)13(23)19-12-3-11(17)6-22(7-12)15(24)9-2-10(16)5-18-4-9;2-1-3/h2,4-5,11-12H,3,6-7H2,1H3,(H,19,23);1H,(H,2,3)/t11-,12+;/m1./s1. The summed E-state index contributed by atoms with van der Waals surface area (Å²) in [5, 5.41) is 17.0. The van der Waals surface area contributed by atoms with Gasteiger partial charge in [0, 0.05) is 38.3 Å². The largest absolute Gasteiger partial charge is 0.483 e. The van der Waals surface area contributed by atoms with Gasteiger partial charge >= 0.3 is 11.8 Å². The fraction of sp³-hybridized carbons (Fsp3) is 0.375. The molecule has 0 spiro atoms. The zero-order valence-electron chi connectivity index (χ0n) is 14.7. The minimum Gasteiger partial charge on any atom is -0.483 e. The summed E-state index contributed by atoms with van der Waals surface area (Å²) in [7, 11) is 0. The molecule has 3 rings (SSSR count). The third-order valence-electron chi connectivity index (χ3n) is 3.69. The van der Waals surface area contributed by atoms with Crippen LogP contribution < -0.4 is 5.32 Å². The maximum Gasteiger partial charge on any atom is 0.309 e. The number of likely N-dealkylation sites (tertiary alicyclic amines) is 1. The fourth-order valence-corrected chi connectivity index (χ4v) is 2.83. The zero-order chi connectivity index (χ0) is 20.7. The van der Waals surface area contributed by atoms with Gasteiger partial charge in [0.25, 0.3) is 12.4 Å². The van der Waals surface area contributed by atoms with Gasteiger partial charge in [0.1, 0.15) is 6.17 Å². The summed E-state index contributed by atoms with van der Waals surface area (Å²) in [6.45, 7) is 1.41. The number of aryl methyl sites for hydroxylation is 1. The molecule has 0 radical (unpaired) electrons. The molecule has 0 bridgehead atoms. The smallest absolute Gasteiger partial charge is 0.309 e. The molecule has 150 valence electrons. The molecule has 2 aromatic heterocycles. The predicted molar refractivity (Wildman–Crippen MR) is 93.6 cm³/mol. The number of carboxylic acid groups (broad SMARTS) is 1. The normalized spacial score (nSPS) is 18.6. The van der Waals surface area contributed by atoms with Crippen LogP contribution in [0.1, 0.15) is 33.4 Å². The number of nitrogens with one attached hydrogen (secondary N) is 1. The van der Waals surface area contributed by atoms with E-state index in [1.807, 2.05) is 0 Å². The molecule has 0 aromatic carbocycles. The quantitative estimate of drug-likeness (QED) is 0.713. The van der Waals surface area contributed by atoms with Crippen molar-refractivity contribution in [3.63, 3.8) is 0 Å². The van der Waals surface area contributed by atoms with Crippen LogP contribution in [0, 0.1) is 6.92 Å². The molecule has 0 saturated carbocycles. The van der Waals surface area contributed by atoms with Crippen molar-refractivity contribution in [3.8, 4) is 0 Å². The van der Waals surface area contributed by atoms with Crippen molar-refractivity contribution in [3.05, 3.63) is 40.8 Å². The molecular formula is C16H17ClFN5O5. The van der Waals surface area contributed by atoms with Gasteiger partial charge in [0.15, 0.2) is 0 Å². The summed E-state index contributed by atoms with van der Waals surface area (Å²) in [4.78, 5) is 38.1. The van der Waals surface area contributed by atoms with Gasteiger partial charge in [-0.15, -0.1) is 10.2 Å². The van der Waals surface area contributed by atoms with Gasteiger partial charge in [-0.05, 0) is 6.07 Å². The van der Waals surface area contributed by atoms with Crippen molar-refractivity contribution >= 4 is 29.9 Å². The third kappa shape index (κ3) is 5.71. The zero-order valence-corrected chi connectivity index (χ0v) is 15.5. The molecule has 2 aromatic rings. The topological polar surface area (TPSA) is 139 Å². The molecule has 0 unspecified atom stereocenters. The van der Waals surface area contributed by atoms with Crippen molar-refractivity contribution in [2.24, 2.45) is 0 Å². The van der Waals surface area contributed by atoms with Crippen LogP contribution in [0.2, 0.25) is 5.02 Å². The lowest BCUT2D eigenvalue weighted by atomic mass is 10.0. The first-order chi connectivity index (χ1) is 13.3. The number of rotatable bonds is 3. The van der Waals surface area contributed by atoms with E-state index >= 15 is 0 Å². The van der Waals surface area contributed by atoms with Crippen LogP contribution in [0.15, 0.2) is 22.9 Å². The van der Waals surface area contributed by atoms with Crippen LogP contribution in [-0.4, -0.2) is 68.8 Å². The average Bonchev–Trinajstić information content (AvgIpc) is 3.08. The van der Waals surface area contributed by atoms with Crippen molar-refractivity contribution in [2.75, 3.05) is 13.1 Å². The molecule has 2 N–H and O–H groups in total. The predicted octanol–water partition coefficient (Wildman–Crippen LogP) is 1.11. The number of aromatic nitrogens is 3. The number of amides is 2. The van der Waals surface area contributed by atoms with Crippen molar-refractivity contribution in [1.82, 2.24) is 25.4 Å². The molecule has 2 atom stereocenters. The van der Waals surface area contributed by atoms with E-state index in [9.17, 15) is 14.0 Å². The van der Waals surface area contributed by atoms with Crippen LogP contribution in [0.4, 0.5) is 4.39 Å². The average molecular weight is 414 g/mol. The Kier molecular flexibility index (Phi) is 7.38. The molecular weight excluding hydrogens is 397 g/mol. The van der Waals surface area contributed by atoms with E-state index in [1.165, 1.54) is 23.4 Å². The van der Waals surface area contributed by atoms with Crippen LogP contribution in [0.3, 0.4) is 0 Å². The lowest BCUT2D eigenvalue weighted by Crippen LogP contribution is -2.53. The van der Waals surface area contributed by atoms with E-state index in [-0.39, 0.29) is 43.3 Å². The van der Waals surface area contributed by atoms with E-state index in [2.05, 4.69) is 20.5 Å². The Morgan fingerprint density at radius 2 is 2.11 bits per heavy atom. The molecule has 1 saturated heterocycles. The minimum atomic E-state index is -1.26. The number of pyridine rings is 1. The van der Waals surface area contributed by atoms with E-state index in [0.29, 0.717) is 5.02 Å². The van der Waals surface area contributed by atoms with Gasteiger partial charge in [-0.2, -0.15) is 0 Å². The first-order valence-corrected chi connectivity index (χ1v) is 8.44. The Morgan fingerprint density at radius 1 is 1.39 bits per heavy atom. The monoisotopic (exact) mass is 413 g/mol. The number of halogens is 2. The number of nitrogens with zero attached hydrogens (tertiary/aromatic N) is 4. The van der Waals surface area contributed by atoms with E-state index in [1.54, 1.807) is 6.92 Å². The molecule has 1 aliphatic rings. The SMILES string of the molecule is Cc1nnc(C(=O)N[C@H]2C[C@@H](F)CN(C(=O)c3cncc(Cl)c3)C2)o1.O=CO. The molecule has 12 heteroatoms. The molecule has 10 nitrogen and oxygen atoms in total. The summed E-state index contributed by atoms with van der Waals surface area (Å²) in [6, 6.07) is 0.896. The van der Waals surface area contributed by atoms with Crippen LogP contribution in [-0.2, 0) is 4.79 Å². The molecule has 3 heterocycles. The Hall–Kier alpha value is -3.08. The van der Waals surface area contributed by atoms with Gasteiger partial charge in [-0.1, -0.05) is 11.6 Å². The lowest BCUT2D eigenvalue weighted by molar-refractivity contribution is -0.122. The maximum atomic E-state index is 14.1. The van der Waals surface area contributed by atoms with Crippen LogP contribution in [0.5, 0.6) is 0 Å². The number of alkyl halides is 1. The summed E-state index contributed by atoms with van der Waals surface area (Å²) in [5.41, 5.74) is 0.263. The number of piperidine rings is 1. The molecule has 2 amide bonds. The molecule has 1 aliphatic heterocycles. The van der Waals surface area contributed by atoms with E-state index in [4.69, 9.17) is 25.9 Å². The summed E-state index contributed by atoms with van der Waals surface area (Å²) in [6.07, 6.45) is 1.60. The highest BCUT2D eigenvalue weighted by atomic mass is 35.5. The third-order valence-corrected chi connectivity index (χ3v) is 3.90. The highest BCUT2D eigenvalue weighted by Crippen LogP contribution is 2.18. The van der Waals surface area contributed by atoms with Crippen molar-refractivity contribution in [2.45, 2.75) is 25.6 Å². The van der Waals surface area contributed by atoms with Crippen LogP contribution >= 0.6 is 11.6 Å². The highest BCUT2D eigenvalue weighted by molar-refractivity contribution is 6.30. The highest BCUT2D eigenvalue weighted by Gasteiger charge is 2.32. The number of hydrogen-bond donors (Lipinski definition) is 2.